The second kappa shape index (κ2) is 7.97. The highest BCUT2D eigenvalue weighted by Crippen LogP contribution is 2.32. The fraction of sp³-hybridized carbons (Fsp3) is 0.200. The molecule has 2 aromatic rings. The van der Waals surface area contributed by atoms with Crippen molar-refractivity contribution >= 4 is 23.8 Å². The van der Waals surface area contributed by atoms with E-state index in [4.69, 9.17) is 0 Å². The van der Waals surface area contributed by atoms with Crippen LogP contribution in [0.15, 0.2) is 71.6 Å². The Balaban J connectivity index is 1.89. The van der Waals surface area contributed by atoms with E-state index in [9.17, 15) is 9.59 Å². The zero-order chi connectivity index (χ0) is 16.8. The van der Waals surface area contributed by atoms with Crippen molar-refractivity contribution in [2.45, 2.75) is 25.7 Å². The zero-order valence-electron chi connectivity index (χ0n) is 13.4. The third-order valence-corrected chi connectivity index (χ3v) is 4.99. The number of hydrogen-bond donors (Lipinski definition) is 0. The lowest BCUT2D eigenvalue weighted by Gasteiger charge is -2.22. The molecule has 3 rings (SSSR count). The van der Waals surface area contributed by atoms with E-state index >= 15 is 0 Å². The van der Waals surface area contributed by atoms with Gasteiger partial charge in [-0.05, 0) is 61.9 Å². The monoisotopic (exact) mass is 337 g/mol. The molecule has 0 unspecified atom stereocenters. The Morgan fingerprint density at radius 1 is 0.792 bits per heavy atom. The van der Waals surface area contributed by atoms with Gasteiger partial charge in [0, 0.05) is 16.0 Å². The van der Waals surface area contributed by atoms with E-state index in [2.05, 4.69) is 6.08 Å². The average molecular weight is 337 g/mol. The summed E-state index contributed by atoms with van der Waals surface area (Å²) in [5.41, 5.74) is 1.04. The Hall–Kier alpha value is -2.33. The number of nitrogens with zero attached hydrogens (tertiary/aromatic N) is 1. The van der Waals surface area contributed by atoms with Crippen molar-refractivity contribution in [1.82, 2.24) is 4.31 Å². The van der Waals surface area contributed by atoms with Crippen LogP contribution in [0.25, 0.3) is 0 Å². The molecule has 0 N–H and O–H groups in total. The normalized spacial score (nSPS) is 13.9. The largest absolute Gasteiger partial charge is 0.271 e. The Morgan fingerprint density at radius 3 is 1.79 bits per heavy atom. The maximum absolute atomic E-state index is 12.9. The fourth-order valence-electron chi connectivity index (χ4n) is 2.58. The Kier molecular flexibility index (Phi) is 5.49. The number of benzene rings is 2. The summed E-state index contributed by atoms with van der Waals surface area (Å²) in [4.78, 5) is 26.9. The van der Waals surface area contributed by atoms with Crippen LogP contribution in [0.4, 0.5) is 0 Å². The minimum absolute atomic E-state index is 0.277. The Morgan fingerprint density at radius 2 is 1.33 bits per heavy atom. The van der Waals surface area contributed by atoms with Gasteiger partial charge in [-0.25, -0.2) is 4.31 Å². The number of imide groups is 1. The standard InChI is InChI=1S/C20H19NO2S/c22-19(16-10-4-1-5-11-16)21(24-18-14-8-3-9-15-18)20(23)17-12-6-2-7-13-17/h1-2,4-7,10-14H,3,8-9,15H2. The van der Waals surface area contributed by atoms with E-state index in [0.717, 1.165) is 24.2 Å². The molecule has 0 saturated carbocycles. The van der Waals surface area contributed by atoms with Crippen molar-refractivity contribution in [3.8, 4) is 0 Å². The van der Waals surface area contributed by atoms with Crippen LogP contribution in [0.5, 0.6) is 0 Å². The van der Waals surface area contributed by atoms with Crippen molar-refractivity contribution in [2.75, 3.05) is 0 Å². The molecule has 1 aliphatic carbocycles. The molecule has 0 spiro atoms. The highest BCUT2D eigenvalue weighted by atomic mass is 32.2. The van der Waals surface area contributed by atoms with E-state index in [-0.39, 0.29) is 11.8 Å². The number of allylic oxidation sites excluding steroid dienone is 2. The van der Waals surface area contributed by atoms with Crippen molar-refractivity contribution in [1.29, 1.82) is 0 Å². The first-order valence-electron chi connectivity index (χ1n) is 8.11. The summed E-state index contributed by atoms with van der Waals surface area (Å²) in [7, 11) is 0. The molecule has 24 heavy (non-hydrogen) atoms. The van der Waals surface area contributed by atoms with Crippen molar-refractivity contribution < 1.29 is 9.59 Å². The lowest BCUT2D eigenvalue weighted by Crippen LogP contribution is -2.31. The van der Waals surface area contributed by atoms with Crippen LogP contribution in [-0.4, -0.2) is 16.1 Å². The summed E-state index contributed by atoms with van der Waals surface area (Å²) < 4.78 is 1.29. The van der Waals surface area contributed by atoms with Gasteiger partial charge < -0.3 is 0 Å². The summed E-state index contributed by atoms with van der Waals surface area (Å²) in [6, 6.07) is 17.9. The van der Waals surface area contributed by atoms with Gasteiger partial charge in [-0.3, -0.25) is 9.59 Å². The highest BCUT2D eigenvalue weighted by Gasteiger charge is 2.26. The maximum atomic E-state index is 12.9. The molecule has 0 saturated heterocycles. The molecule has 4 heteroatoms. The van der Waals surface area contributed by atoms with Crippen LogP contribution >= 0.6 is 11.9 Å². The second-order valence-electron chi connectivity index (χ2n) is 5.64. The maximum Gasteiger partial charge on any atom is 0.271 e. The Labute approximate surface area is 146 Å². The van der Waals surface area contributed by atoms with Crippen molar-refractivity contribution in [3.05, 3.63) is 82.8 Å². The summed E-state index contributed by atoms with van der Waals surface area (Å²) >= 11 is 1.27. The van der Waals surface area contributed by atoms with Crippen LogP contribution in [0.3, 0.4) is 0 Å². The number of hydrogen-bond acceptors (Lipinski definition) is 3. The van der Waals surface area contributed by atoms with Gasteiger partial charge in [-0.2, -0.15) is 0 Å². The number of rotatable bonds is 4. The fourth-order valence-corrected chi connectivity index (χ4v) is 3.62. The number of carbonyl (C=O) groups is 2. The molecule has 0 fully saturated rings. The van der Waals surface area contributed by atoms with E-state index in [1.165, 1.54) is 22.7 Å². The molecule has 0 aliphatic heterocycles. The van der Waals surface area contributed by atoms with E-state index in [1.54, 1.807) is 24.3 Å². The smallest absolute Gasteiger partial charge is 0.268 e. The van der Waals surface area contributed by atoms with Gasteiger partial charge in [-0.1, -0.05) is 42.5 Å². The predicted molar refractivity (Wildman–Crippen MR) is 97.5 cm³/mol. The molecule has 2 amide bonds. The molecular formula is C20H19NO2S. The molecule has 0 aromatic heterocycles. The molecule has 1 aliphatic rings. The summed E-state index contributed by atoms with van der Waals surface area (Å²) in [6.07, 6.45) is 6.34. The average Bonchev–Trinajstić information content (AvgIpc) is 2.67. The molecule has 3 nitrogen and oxygen atoms in total. The highest BCUT2D eigenvalue weighted by molar-refractivity contribution is 8.01. The molecular weight excluding hydrogens is 318 g/mol. The number of amides is 2. The zero-order valence-corrected chi connectivity index (χ0v) is 14.2. The molecule has 0 heterocycles. The quantitative estimate of drug-likeness (QED) is 0.577. The van der Waals surface area contributed by atoms with Crippen molar-refractivity contribution in [2.24, 2.45) is 0 Å². The van der Waals surface area contributed by atoms with E-state index in [1.807, 2.05) is 36.4 Å². The molecule has 0 radical (unpaired) electrons. The van der Waals surface area contributed by atoms with Gasteiger partial charge in [-0.15, -0.1) is 0 Å². The molecule has 0 atom stereocenters. The van der Waals surface area contributed by atoms with E-state index in [0.29, 0.717) is 11.1 Å². The predicted octanol–water partition coefficient (Wildman–Crippen LogP) is 5.08. The van der Waals surface area contributed by atoms with Crippen LogP contribution in [0.1, 0.15) is 46.4 Å². The van der Waals surface area contributed by atoms with Crippen molar-refractivity contribution in [3.63, 3.8) is 0 Å². The first-order chi connectivity index (χ1) is 11.8. The second-order valence-corrected chi connectivity index (χ2v) is 6.72. The van der Waals surface area contributed by atoms with Gasteiger partial charge in [0.25, 0.3) is 11.8 Å². The lowest BCUT2D eigenvalue weighted by molar-refractivity contribution is 0.0743. The van der Waals surface area contributed by atoms with Crippen LogP contribution in [-0.2, 0) is 0 Å². The SMILES string of the molecule is O=C(c1ccccc1)N(SC1=CCCCC1)C(=O)c1ccccc1. The minimum Gasteiger partial charge on any atom is -0.268 e. The van der Waals surface area contributed by atoms with Gasteiger partial charge in [0.15, 0.2) is 0 Å². The van der Waals surface area contributed by atoms with Crippen LogP contribution in [0, 0.1) is 0 Å². The molecule has 122 valence electrons. The molecule has 0 bridgehead atoms. The van der Waals surface area contributed by atoms with Gasteiger partial charge in [0.1, 0.15) is 0 Å². The third-order valence-electron chi connectivity index (χ3n) is 3.87. The van der Waals surface area contributed by atoms with E-state index < -0.39 is 0 Å². The van der Waals surface area contributed by atoms with Gasteiger partial charge in [0.2, 0.25) is 0 Å². The first-order valence-corrected chi connectivity index (χ1v) is 8.89. The topological polar surface area (TPSA) is 37.4 Å². The van der Waals surface area contributed by atoms with Crippen LogP contribution in [0.2, 0.25) is 0 Å². The first kappa shape index (κ1) is 16.5. The Bertz CT molecular complexity index is 689. The van der Waals surface area contributed by atoms with Gasteiger partial charge in [0.05, 0.1) is 0 Å². The summed E-state index contributed by atoms with van der Waals surface area (Å²) in [5.74, 6) is -0.554. The molecule has 2 aromatic carbocycles. The summed E-state index contributed by atoms with van der Waals surface area (Å²) in [6.45, 7) is 0. The van der Waals surface area contributed by atoms with Gasteiger partial charge >= 0.3 is 0 Å². The third kappa shape index (κ3) is 3.95. The lowest BCUT2D eigenvalue weighted by atomic mass is 10.1. The minimum atomic E-state index is -0.277. The van der Waals surface area contributed by atoms with Crippen LogP contribution < -0.4 is 0 Å². The number of carbonyl (C=O) groups excluding carboxylic acids is 2. The summed E-state index contributed by atoms with van der Waals surface area (Å²) in [5, 5.41) is 0.